The lowest BCUT2D eigenvalue weighted by Gasteiger charge is -2.29. The zero-order valence-electron chi connectivity index (χ0n) is 11.0. The first-order valence-corrected chi connectivity index (χ1v) is 5.95. The fourth-order valence-electron chi connectivity index (χ4n) is 1.88. The van der Waals surface area contributed by atoms with Crippen LogP contribution in [-0.4, -0.2) is 43.0 Å². The van der Waals surface area contributed by atoms with Crippen molar-refractivity contribution in [2.75, 3.05) is 20.1 Å². The van der Waals surface area contributed by atoms with Crippen LogP contribution in [0.3, 0.4) is 0 Å². The molecule has 0 saturated carbocycles. The van der Waals surface area contributed by atoms with Crippen LogP contribution in [0.4, 0.5) is 0 Å². The minimum Gasteiger partial charge on any atom is -0.452 e. The van der Waals surface area contributed by atoms with E-state index in [9.17, 15) is 14.7 Å². The van der Waals surface area contributed by atoms with Crippen molar-refractivity contribution in [1.29, 1.82) is 0 Å². The van der Waals surface area contributed by atoms with Gasteiger partial charge in [0.2, 0.25) is 0 Å². The van der Waals surface area contributed by atoms with E-state index >= 15 is 0 Å². The summed E-state index contributed by atoms with van der Waals surface area (Å²) in [5.74, 6) is 0. The van der Waals surface area contributed by atoms with Crippen molar-refractivity contribution in [1.82, 2.24) is 4.90 Å². The number of carbonyl (C=O) groups is 2. The molecule has 1 rings (SSSR count). The molecule has 6 nitrogen and oxygen atoms in total. The van der Waals surface area contributed by atoms with Gasteiger partial charge in [0.05, 0.1) is 12.6 Å². The first-order valence-electron chi connectivity index (χ1n) is 5.95. The fourth-order valence-corrected chi connectivity index (χ4v) is 1.88. The highest BCUT2D eigenvalue weighted by Crippen LogP contribution is 2.24. The van der Waals surface area contributed by atoms with Gasteiger partial charge < -0.3 is 14.6 Å². The molecule has 1 aromatic rings. The van der Waals surface area contributed by atoms with E-state index < -0.39 is 6.04 Å². The van der Waals surface area contributed by atoms with E-state index in [0.29, 0.717) is 12.9 Å². The summed E-state index contributed by atoms with van der Waals surface area (Å²) in [5, 5.41) is 9.60. The van der Waals surface area contributed by atoms with Gasteiger partial charge in [-0.05, 0) is 11.1 Å². The summed E-state index contributed by atoms with van der Waals surface area (Å²) in [7, 11) is 0. The zero-order chi connectivity index (χ0) is 14.8. The van der Waals surface area contributed by atoms with E-state index in [1.165, 1.54) is 4.90 Å². The van der Waals surface area contributed by atoms with Crippen LogP contribution in [0.15, 0.2) is 30.8 Å². The van der Waals surface area contributed by atoms with E-state index in [-0.39, 0.29) is 20.1 Å². The van der Waals surface area contributed by atoms with Crippen molar-refractivity contribution >= 4 is 19.0 Å². The lowest BCUT2D eigenvalue weighted by Crippen LogP contribution is -2.35. The Bertz CT molecular complexity index is 437. The number of rotatable bonds is 10. The van der Waals surface area contributed by atoms with Gasteiger partial charge in [-0.15, -0.1) is 0 Å². The highest BCUT2D eigenvalue weighted by Gasteiger charge is 2.22. The normalized spacial score (nSPS) is 11.7. The molecule has 0 spiro atoms. The van der Waals surface area contributed by atoms with Crippen molar-refractivity contribution in [2.45, 2.75) is 6.04 Å². The Morgan fingerprint density at radius 2 is 1.80 bits per heavy atom. The smallest absolute Gasteiger partial charge is 0.294 e. The Labute approximate surface area is 117 Å². The molecule has 0 heterocycles. The molecular formula is C14H17NO5. The minimum absolute atomic E-state index is 0.103. The lowest BCUT2D eigenvalue weighted by atomic mass is 10.00. The van der Waals surface area contributed by atoms with Crippen LogP contribution < -0.4 is 0 Å². The van der Waals surface area contributed by atoms with Crippen LogP contribution in [0, 0.1) is 0 Å². The molecule has 0 amide bonds. The summed E-state index contributed by atoms with van der Waals surface area (Å²) in [6, 6.07) is 6.87. The summed E-state index contributed by atoms with van der Waals surface area (Å²) in [5.41, 5.74) is 1.64. The van der Waals surface area contributed by atoms with Gasteiger partial charge in [-0.1, -0.05) is 36.9 Å². The van der Waals surface area contributed by atoms with Gasteiger partial charge >= 0.3 is 0 Å². The highest BCUT2D eigenvalue weighted by atomic mass is 16.6. The molecule has 0 fully saturated rings. The molecule has 6 heteroatoms. The van der Waals surface area contributed by atoms with E-state index in [4.69, 9.17) is 0 Å². The Balaban J connectivity index is 3.00. The maximum atomic E-state index is 10.3. The largest absolute Gasteiger partial charge is 0.452 e. The van der Waals surface area contributed by atoms with Gasteiger partial charge in [-0.3, -0.25) is 9.59 Å². The Morgan fingerprint density at radius 1 is 1.20 bits per heavy atom. The fraction of sp³-hybridized carbons (Fsp3) is 0.286. The second kappa shape index (κ2) is 8.84. The van der Waals surface area contributed by atoms with E-state index in [1.54, 1.807) is 6.08 Å². The van der Waals surface area contributed by atoms with Crippen LogP contribution in [0.2, 0.25) is 0 Å². The van der Waals surface area contributed by atoms with Crippen LogP contribution in [0.1, 0.15) is 17.2 Å². The Hall–Kier alpha value is -2.18. The lowest BCUT2D eigenvalue weighted by molar-refractivity contribution is -0.145. The number of benzene rings is 1. The number of hydrogen-bond donors (Lipinski definition) is 1. The van der Waals surface area contributed by atoms with Gasteiger partial charge in [-0.25, -0.2) is 4.90 Å². The minimum atomic E-state index is -0.482. The predicted octanol–water partition coefficient (Wildman–Crippen LogP) is 0.926. The number of aliphatic hydroxyl groups excluding tert-OH is 1. The quantitative estimate of drug-likeness (QED) is 0.507. The number of nitrogens with zero attached hydrogens (tertiary/aromatic N) is 1. The molecule has 20 heavy (non-hydrogen) atoms. The summed E-state index contributed by atoms with van der Waals surface area (Å²) < 4.78 is 9.37. The zero-order valence-corrected chi connectivity index (χ0v) is 11.0. The number of carbonyl (C=O) groups excluding carboxylic acids is 2. The molecule has 0 radical (unpaired) electrons. The van der Waals surface area contributed by atoms with Gasteiger partial charge in [0.1, 0.15) is 13.5 Å². The monoisotopic (exact) mass is 279 g/mol. The summed E-state index contributed by atoms with van der Waals surface area (Å²) in [6.45, 7) is 3.87. The molecule has 108 valence electrons. The number of aliphatic hydroxyl groups is 1. The highest BCUT2D eigenvalue weighted by molar-refractivity contribution is 5.52. The second-order valence-electron chi connectivity index (χ2n) is 3.90. The van der Waals surface area contributed by atoms with E-state index in [1.807, 2.05) is 24.3 Å². The number of hydrogen-bond acceptors (Lipinski definition) is 6. The van der Waals surface area contributed by atoms with Crippen molar-refractivity contribution < 1.29 is 24.2 Å². The van der Waals surface area contributed by atoms with Crippen molar-refractivity contribution in [3.63, 3.8) is 0 Å². The molecule has 0 aliphatic rings. The van der Waals surface area contributed by atoms with Crippen LogP contribution >= 0.6 is 0 Å². The third-order valence-electron chi connectivity index (χ3n) is 2.81. The molecule has 1 atom stereocenters. The average molecular weight is 279 g/mol. The van der Waals surface area contributed by atoms with Crippen LogP contribution in [0.5, 0.6) is 0 Å². The number of ether oxygens (including phenoxy) is 2. The molecule has 0 saturated heterocycles. The summed E-state index contributed by atoms with van der Waals surface area (Å²) >= 11 is 0. The summed E-state index contributed by atoms with van der Waals surface area (Å²) in [6.07, 6.45) is 1.66. The van der Waals surface area contributed by atoms with Gasteiger partial charge in [0, 0.05) is 0 Å². The van der Waals surface area contributed by atoms with Crippen molar-refractivity contribution in [3.8, 4) is 0 Å². The molecule has 1 unspecified atom stereocenters. The molecule has 0 aliphatic heterocycles. The maximum Gasteiger partial charge on any atom is 0.294 e. The molecule has 0 aliphatic carbocycles. The van der Waals surface area contributed by atoms with Crippen molar-refractivity contribution in [2.24, 2.45) is 0 Å². The Morgan fingerprint density at radius 3 is 2.30 bits per heavy atom. The third kappa shape index (κ3) is 4.18. The third-order valence-corrected chi connectivity index (χ3v) is 2.81. The molecule has 0 aromatic heterocycles. The van der Waals surface area contributed by atoms with E-state index in [2.05, 4.69) is 16.1 Å². The Kier molecular flexibility index (Phi) is 7.02. The van der Waals surface area contributed by atoms with Gasteiger partial charge in [0.15, 0.2) is 0 Å². The maximum absolute atomic E-state index is 10.3. The van der Waals surface area contributed by atoms with Crippen molar-refractivity contribution in [3.05, 3.63) is 42.0 Å². The summed E-state index contributed by atoms with van der Waals surface area (Å²) in [4.78, 5) is 22.2. The average Bonchev–Trinajstić information content (AvgIpc) is 2.50. The molecular weight excluding hydrogens is 262 g/mol. The topological polar surface area (TPSA) is 76.1 Å². The van der Waals surface area contributed by atoms with Crippen LogP contribution in [0.25, 0.3) is 6.08 Å². The molecule has 0 bridgehead atoms. The van der Waals surface area contributed by atoms with E-state index in [0.717, 1.165) is 11.1 Å². The second-order valence-corrected chi connectivity index (χ2v) is 3.90. The SMILES string of the molecule is C=Cc1ccccc1C(CO)N(COC=O)COC=O. The predicted molar refractivity (Wildman–Crippen MR) is 72.2 cm³/mol. The first kappa shape index (κ1) is 15.9. The first-order chi connectivity index (χ1) is 9.78. The van der Waals surface area contributed by atoms with Gasteiger partial charge in [-0.2, -0.15) is 0 Å². The van der Waals surface area contributed by atoms with Gasteiger partial charge in [0.25, 0.3) is 12.9 Å². The molecule has 1 N–H and O–H groups in total. The molecule has 1 aromatic carbocycles. The standard InChI is InChI=1S/C14H17NO5/c1-2-12-5-3-4-6-13(12)14(7-16)15(8-19-10-17)9-20-11-18/h2-6,10-11,14,16H,1,7-9H2. The van der Waals surface area contributed by atoms with Crippen LogP contribution in [-0.2, 0) is 19.1 Å².